The number of carbonyl (C=O) groups excluding carboxylic acids is 1. The highest BCUT2D eigenvalue weighted by atomic mass is 16.7. The van der Waals surface area contributed by atoms with Crippen LogP contribution in [0.2, 0.25) is 0 Å². The van der Waals surface area contributed by atoms with Gasteiger partial charge in [-0.1, -0.05) is 37.3 Å². The van der Waals surface area contributed by atoms with Gasteiger partial charge in [0.1, 0.15) is 0 Å². The quantitative estimate of drug-likeness (QED) is 0.517. The van der Waals surface area contributed by atoms with E-state index in [-0.39, 0.29) is 0 Å². The van der Waals surface area contributed by atoms with Crippen LogP contribution in [-0.2, 0) is 15.9 Å². The molecule has 0 aromatic heterocycles. The average molecular weight is 250 g/mol. The minimum atomic E-state index is -0.542. The largest absolute Gasteiger partial charge is 0.508 e. The van der Waals surface area contributed by atoms with Gasteiger partial charge in [-0.2, -0.15) is 0 Å². The molecule has 0 spiro atoms. The molecule has 0 aliphatic heterocycles. The van der Waals surface area contributed by atoms with Gasteiger partial charge in [0.15, 0.2) is 0 Å². The lowest BCUT2D eigenvalue weighted by Gasteiger charge is -2.05. The Hall–Kier alpha value is -1.51. The molecule has 0 bridgehead atoms. The van der Waals surface area contributed by atoms with E-state index >= 15 is 0 Å². The summed E-state index contributed by atoms with van der Waals surface area (Å²) in [7, 11) is 0. The van der Waals surface area contributed by atoms with Gasteiger partial charge in [-0.05, 0) is 37.7 Å². The van der Waals surface area contributed by atoms with Gasteiger partial charge in [0.25, 0.3) is 0 Å². The fourth-order valence-electron chi connectivity index (χ4n) is 1.64. The fraction of sp³-hybridized carbons (Fsp3) is 0.533. The van der Waals surface area contributed by atoms with Crippen molar-refractivity contribution < 1.29 is 14.3 Å². The molecule has 0 heterocycles. The van der Waals surface area contributed by atoms with E-state index in [2.05, 4.69) is 24.3 Å². The Kier molecular flexibility index (Phi) is 7.69. The lowest BCUT2D eigenvalue weighted by molar-refractivity contribution is 0.0542. The second-order valence-corrected chi connectivity index (χ2v) is 4.24. The number of benzene rings is 1. The Labute approximate surface area is 109 Å². The van der Waals surface area contributed by atoms with Crippen LogP contribution in [0, 0.1) is 0 Å². The predicted molar refractivity (Wildman–Crippen MR) is 71.6 cm³/mol. The van der Waals surface area contributed by atoms with E-state index in [1.165, 1.54) is 5.56 Å². The number of aryl methyl sites for hydroxylation is 1. The summed E-state index contributed by atoms with van der Waals surface area (Å²) >= 11 is 0. The maximum absolute atomic E-state index is 11.0. The summed E-state index contributed by atoms with van der Waals surface area (Å²) in [5, 5.41) is 0. The van der Waals surface area contributed by atoms with Gasteiger partial charge in [0.05, 0.1) is 13.2 Å². The molecule has 1 aromatic carbocycles. The Balaban J connectivity index is 1.94. The lowest BCUT2D eigenvalue weighted by Crippen LogP contribution is -2.08. The van der Waals surface area contributed by atoms with E-state index < -0.39 is 6.16 Å². The first-order valence-corrected chi connectivity index (χ1v) is 6.66. The molecule has 0 atom stereocenters. The second kappa shape index (κ2) is 9.51. The van der Waals surface area contributed by atoms with E-state index in [1.807, 2.05) is 13.0 Å². The number of hydrogen-bond acceptors (Lipinski definition) is 3. The maximum atomic E-state index is 11.0. The summed E-state index contributed by atoms with van der Waals surface area (Å²) in [5.41, 5.74) is 1.36. The minimum absolute atomic E-state index is 0.437. The Morgan fingerprint density at radius 3 is 2.44 bits per heavy atom. The van der Waals surface area contributed by atoms with Crippen molar-refractivity contribution in [2.24, 2.45) is 0 Å². The zero-order chi connectivity index (χ0) is 13.1. The van der Waals surface area contributed by atoms with E-state index in [0.717, 1.165) is 32.1 Å². The van der Waals surface area contributed by atoms with Crippen molar-refractivity contribution in [3.05, 3.63) is 35.9 Å². The molecule has 3 heteroatoms. The molecule has 0 saturated carbocycles. The zero-order valence-electron chi connectivity index (χ0n) is 11.1. The van der Waals surface area contributed by atoms with Crippen LogP contribution in [0.15, 0.2) is 30.3 Å². The average Bonchev–Trinajstić information content (AvgIpc) is 2.41. The molecule has 1 rings (SSSR count). The van der Waals surface area contributed by atoms with Crippen LogP contribution in [-0.4, -0.2) is 19.4 Å². The molecule has 0 saturated heterocycles. The summed E-state index contributed by atoms with van der Waals surface area (Å²) < 4.78 is 9.74. The Morgan fingerprint density at radius 1 is 1.00 bits per heavy atom. The minimum Gasteiger partial charge on any atom is -0.434 e. The molecule has 0 aliphatic carbocycles. The lowest BCUT2D eigenvalue weighted by atomic mass is 10.1. The SMILES string of the molecule is CCCOC(=O)OCCCCCc1ccccc1. The summed E-state index contributed by atoms with van der Waals surface area (Å²) in [6.07, 6.45) is 4.45. The first kappa shape index (κ1) is 14.6. The van der Waals surface area contributed by atoms with Crippen LogP contribution in [0.5, 0.6) is 0 Å². The van der Waals surface area contributed by atoms with Crippen molar-refractivity contribution in [1.82, 2.24) is 0 Å². The smallest absolute Gasteiger partial charge is 0.434 e. The maximum Gasteiger partial charge on any atom is 0.508 e. The molecule has 0 amide bonds. The van der Waals surface area contributed by atoms with Gasteiger partial charge < -0.3 is 9.47 Å². The first-order chi connectivity index (χ1) is 8.83. The molecule has 1 aromatic rings. The third kappa shape index (κ3) is 6.94. The molecule has 100 valence electrons. The van der Waals surface area contributed by atoms with Crippen molar-refractivity contribution in [2.75, 3.05) is 13.2 Å². The van der Waals surface area contributed by atoms with Crippen LogP contribution >= 0.6 is 0 Å². The Bertz CT molecular complexity index is 322. The van der Waals surface area contributed by atoms with Crippen LogP contribution in [0.3, 0.4) is 0 Å². The molecule has 0 N–H and O–H groups in total. The predicted octanol–water partition coefficient (Wildman–Crippen LogP) is 3.96. The highest BCUT2D eigenvalue weighted by Gasteiger charge is 2.01. The summed E-state index contributed by atoms with van der Waals surface area (Å²) in [6.45, 7) is 2.85. The fourth-order valence-corrected chi connectivity index (χ4v) is 1.64. The topological polar surface area (TPSA) is 35.5 Å². The number of hydrogen-bond donors (Lipinski definition) is 0. The van der Waals surface area contributed by atoms with Crippen LogP contribution in [0.1, 0.15) is 38.2 Å². The third-order valence-corrected chi connectivity index (χ3v) is 2.60. The van der Waals surface area contributed by atoms with Crippen LogP contribution in [0.25, 0.3) is 0 Å². The standard InChI is InChI=1S/C15H22O3/c1-2-12-17-15(16)18-13-8-4-7-11-14-9-5-3-6-10-14/h3,5-6,9-10H,2,4,7-8,11-13H2,1H3. The van der Waals surface area contributed by atoms with Gasteiger partial charge >= 0.3 is 6.16 Å². The number of unbranched alkanes of at least 4 members (excludes halogenated alkanes) is 2. The third-order valence-electron chi connectivity index (χ3n) is 2.60. The number of ether oxygens (including phenoxy) is 2. The molecule has 3 nitrogen and oxygen atoms in total. The monoisotopic (exact) mass is 250 g/mol. The van der Waals surface area contributed by atoms with Gasteiger partial charge in [-0.25, -0.2) is 4.79 Å². The highest BCUT2D eigenvalue weighted by molar-refractivity contribution is 5.59. The normalized spacial score (nSPS) is 10.1. The van der Waals surface area contributed by atoms with Crippen LogP contribution < -0.4 is 0 Å². The van der Waals surface area contributed by atoms with Crippen molar-refractivity contribution in [3.63, 3.8) is 0 Å². The van der Waals surface area contributed by atoms with Gasteiger partial charge in [0, 0.05) is 0 Å². The molecular weight excluding hydrogens is 228 g/mol. The molecule has 0 radical (unpaired) electrons. The zero-order valence-corrected chi connectivity index (χ0v) is 11.1. The molecule has 0 fully saturated rings. The second-order valence-electron chi connectivity index (χ2n) is 4.24. The van der Waals surface area contributed by atoms with Crippen molar-refractivity contribution in [2.45, 2.75) is 39.0 Å². The van der Waals surface area contributed by atoms with Crippen molar-refractivity contribution in [3.8, 4) is 0 Å². The van der Waals surface area contributed by atoms with E-state index in [4.69, 9.17) is 9.47 Å². The molecular formula is C15H22O3. The summed E-state index contributed by atoms with van der Waals surface area (Å²) in [6, 6.07) is 10.4. The summed E-state index contributed by atoms with van der Waals surface area (Å²) in [5.74, 6) is 0. The highest BCUT2D eigenvalue weighted by Crippen LogP contribution is 2.06. The van der Waals surface area contributed by atoms with E-state index in [9.17, 15) is 4.79 Å². The van der Waals surface area contributed by atoms with Gasteiger partial charge in [-0.15, -0.1) is 0 Å². The molecule has 0 unspecified atom stereocenters. The number of carbonyl (C=O) groups is 1. The number of rotatable bonds is 8. The molecule has 18 heavy (non-hydrogen) atoms. The van der Waals surface area contributed by atoms with E-state index in [1.54, 1.807) is 0 Å². The van der Waals surface area contributed by atoms with E-state index in [0.29, 0.717) is 13.2 Å². The van der Waals surface area contributed by atoms with Gasteiger partial charge in [-0.3, -0.25) is 0 Å². The van der Waals surface area contributed by atoms with Crippen LogP contribution in [0.4, 0.5) is 4.79 Å². The first-order valence-electron chi connectivity index (χ1n) is 6.66. The molecule has 0 aliphatic rings. The summed E-state index contributed by atoms with van der Waals surface area (Å²) in [4.78, 5) is 11.0. The van der Waals surface area contributed by atoms with Crippen molar-refractivity contribution in [1.29, 1.82) is 0 Å². The van der Waals surface area contributed by atoms with Crippen molar-refractivity contribution >= 4 is 6.16 Å². The Morgan fingerprint density at radius 2 is 1.72 bits per heavy atom. The van der Waals surface area contributed by atoms with Gasteiger partial charge in [0.2, 0.25) is 0 Å².